The Morgan fingerprint density at radius 3 is 2.56 bits per heavy atom. The number of benzene rings is 1. The van der Waals surface area contributed by atoms with Crippen molar-refractivity contribution >= 4 is 5.91 Å². The summed E-state index contributed by atoms with van der Waals surface area (Å²) in [6, 6.07) is 9.01. The second-order valence-corrected chi connectivity index (χ2v) is 7.09. The van der Waals surface area contributed by atoms with E-state index in [4.69, 9.17) is 0 Å². The van der Waals surface area contributed by atoms with Gasteiger partial charge in [-0.1, -0.05) is 30.3 Å². The Balaban J connectivity index is 1.73. The molecule has 5 nitrogen and oxygen atoms in total. The number of rotatable bonds is 5. The number of hydrogen-bond donors (Lipinski definition) is 2. The summed E-state index contributed by atoms with van der Waals surface area (Å²) < 4.78 is 38.5. The Bertz CT molecular complexity index is 768. The smallest absolute Gasteiger partial charge is 0.351 e. The number of amides is 1. The molecule has 27 heavy (non-hydrogen) atoms. The van der Waals surface area contributed by atoms with Gasteiger partial charge in [-0.3, -0.25) is 14.8 Å². The number of aromatic amines is 1. The second-order valence-electron chi connectivity index (χ2n) is 7.09. The van der Waals surface area contributed by atoms with Gasteiger partial charge in [0.05, 0.1) is 18.7 Å². The van der Waals surface area contributed by atoms with E-state index < -0.39 is 12.7 Å². The third-order valence-electron chi connectivity index (χ3n) is 4.99. The van der Waals surface area contributed by atoms with E-state index in [1.807, 2.05) is 44.2 Å². The molecule has 0 bridgehead atoms. The van der Waals surface area contributed by atoms with Gasteiger partial charge in [0.25, 0.3) is 0 Å². The Labute approximate surface area is 155 Å². The fraction of sp³-hybridized carbons (Fsp3) is 0.474. The van der Waals surface area contributed by atoms with Crippen molar-refractivity contribution in [3.05, 3.63) is 52.8 Å². The first-order chi connectivity index (χ1) is 12.7. The van der Waals surface area contributed by atoms with Crippen LogP contribution in [0.25, 0.3) is 0 Å². The summed E-state index contributed by atoms with van der Waals surface area (Å²) >= 11 is 0. The predicted octanol–water partition coefficient (Wildman–Crippen LogP) is 2.72. The SMILES string of the molecule is Cc1n[nH]c(C)c1CC(=O)N[C@@H]1CN(CC(F)(F)F)C[C@H]1c1ccccc1. The molecule has 0 aliphatic carbocycles. The maximum Gasteiger partial charge on any atom is 0.401 e. The van der Waals surface area contributed by atoms with E-state index in [-0.39, 0.29) is 37.4 Å². The number of nitrogens with one attached hydrogen (secondary N) is 2. The van der Waals surface area contributed by atoms with Crippen LogP contribution in [0.3, 0.4) is 0 Å². The van der Waals surface area contributed by atoms with Crippen molar-refractivity contribution in [2.24, 2.45) is 0 Å². The van der Waals surface area contributed by atoms with Gasteiger partial charge < -0.3 is 5.32 Å². The van der Waals surface area contributed by atoms with Gasteiger partial charge in [0.2, 0.25) is 5.91 Å². The van der Waals surface area contributed by atoms with E-state index in [9.17, 15) is 18.0 Å². The van der Waals surface area contributed by atoms with Crippen LogP contribution in [0.2, 0.25) is 0 Å². The molecule has 3 rings (SSSR count). The molecule has 0 spiro atoms. The van der Waals surface area contributed by atoms with E-state index in [0.29, 0.717) is 0 Å². The third-order valence-corrected chi connectivity index (χ3v) is 4.99. The van der Waals surface area contributed by atoms with E-state index >= 15 is 0 Å². The molecular formula is C19H23F3N4O. The van der Waals surface area contributed by atoms with Gasteiger partial charge in [0.1, 0.15) is 0 Å². The molecule has 2 aromatic rings. The number of likely N-dealkylation sites (tertiary alicyclic amines) is 1. The zero-order valence-electron chi connectivity index (χ0n) is 15.3. The van der Waals surface area contributed by atoms with E-state index in [2.05, 4.69) is 15.5 Å². The quantitative estimate of drug-likeness (QED) is 0.839. The number of carbonyl (C=O) groups excluding carboxylic acids is 1. The van der Waals surface area contributed by atoms with Crippen LogP contribution in [0.1, 0.15) is 28.4 Å². The highest BCUT2D eigenvalue weighted by molar-refractivity contribution is 5.79. The molecule has 1 fully saturated rings. The van der Waals surface area contributed by atoms with E-state index in [0.717, 1.165) is 22.5 Å². The lowest BCUT2D eigenvalue weighted by atomic mass is 9.94. The number of H-pyrrole nitrogens is 1. The lowest BCUT2D eigenvalue weighted by Gasteiger charge is -2.20. The van der Waals surface area contributed by atoms with Crippen LogP contribution in [0.5, 0.6) is 0 Å². The maximum absolute atomic E-state index is 12.8. The number of carbonyl (C=O) groups is 1. The predicted molar refractivity (Wildman–Crippen MR) is 95.4 cm³/mol. The molecule has 2 heterocycles. The highest BCUT2D eigenvalue weighted by Gasteiger charge is 2.40. The second kappa shape index (κ2) is 7.72. The van der Waals surface area contributed by atoms with Crippen LogP contribution in [0.15, 0.2) is 30.3 Å². The maximum atomic E-state index is 12.8. The van der Waals surface area contributed by atoms with E-state index in [1.165, 1.54) is 4.90 Å². The Kier molecular flexibility index (Phi) is 5.55. The molecule has 1 aliphatic heterocycles. The summed E-state index contributed by atoms with van der Waals surface area (Å²) in [7, 11) is 0. The monoisotopic (exact) mass is 380 g/mol. The molecule has 1 aromatic heterocycles. The molecule has 0 radical (unpaired) electrons. The number of aromatic nitrogens is 2. The molecule has 1 amide bonds. The number of halogens is 3. The van der Waals surface area contributed by atoms with Crippen LogP contribution in [0, 0.1) is 13.8 Å². The Morgan fingerprint density at radius 2 is 1.96 bits per heavy atom. The molecule has 2 atom stereocenters. The third kappa shape index (κ3) is 4.88. The topological polar surface area (TPSA) is 61.0 Å². The molecule has 1 saturated heterocycles. The first-order valence-electron chi connectivity index (χ1n) is 8.87. The van der Waals surface area contributed by atoms with Crippen LogP contribution in [0.4, 0.5) is 13.2 Å². The van der Waals surface area contributed by atoms with Gasteiger partial charge in [-0.2, -0.15) is 18.3 Å². The average molecular weight is 380 g/mol. The first-order valence-corrected chi connectivity index (χ1v) is 8.87. The van der Waals surface area contributed by atoms with Crippen LogP contribution in [-0.2, 0) is 11.2 Å². The van der Waals surface area contributed by atoms with Gasteiger partial charge >= 0.3 is 6.18 Å². The molecule has 2 N–H and O–H groups in total. The van der Waals surface area contributed by atoms with Gasteiger partial charge in [0, 0.05) is 36.3 Å². The Hall–Kier alpha value is -2.35. The minimum atomic E-state index is -4.26. The van der Waals surface area contributed by atoms with E-state index in [1.54, 1.807) is 0 Å². The molecule has 1 aliphatic rings. The zero-order valence-corrected chi connectivity index (χ0v) is 15.3. The summed E-state index contributed by atoms with van der Waals surface area (Å²) in [5.74, 6) is -0.383. The van der Waals surface area contributed by atoms with Gasteiger partial charge in [-0.05, 0) is 19.4 Å². The fourth-order valence-corrected chi connectivity index (χ4v) is 3.71. The summed E-state index contributed by atoms with van der Waals surface area (Å²) in [5.41, 5.74) is 3.34. The van der Waals surface area contributed by atoms with Crippen molar-refractivity contribution in [3.8, 4) is 0 Å². The summed E-state index contributed by atoms with van der Waals surface area (Å²) in [4.78, 5) is 13.9. The lowest BCUT2D eigenvalue weighted by molar-refractivity contribution is -0.143. The zero-order chi connectivity index (χ0) is 19.6. The molecular weight excluding hydrogens is 357 g/mol. The van der Waals surface area contributed by atoms with Gasteiger partial charge in [-0.15, -0.1) is 0 Å². The number of nitrogens with zero attached hydrogens (tertiary/aromatic N) is 2. The molecule has 0 unspecified atom stereocenters. The minimum Gasteiger partial charge on any atom is -0.351 e. The molecule has 8 heteroatoms. The highest BCUT2D eigenvalue weighted by Crippen LogP contribution is 2.30. The number of aryl methyl sites for hydroxylation is 2. The standard InChI is InChI=1S/C19H23F3N4O/c1-12-15(13(2)25-24-12)8-18(27)23-17-10-26(11-19(20,21)22)9-16(17)14-6-4-3-5-7-14/h3-7,16-17H,8-11H2,1-2H3,(H,23,27)(H,24,25)/t16-,17+/m0/s1. The van der Waals surface area contributed by atoms with Crippen LogP contribution >= 0.6 is 0 Å². The summed E-state index contributed by atoms with van der Waals surface area (Å²) in [5, 5.41) is 9.86. The van der Waals surface area contributed by atoms with Crippen molar-refractivity contribution < 1.29 is 18.0 Å². The summed E-state index contributed by atoms with van der Waals surface area (Å²) in [6.45, 7) is 3.13. The average Bonchev–Trinajstić information content (AvgIpc) is 3.11. The van der Waals surface area contributed by atoms with Crippen molar-refractivity contribution in [2.45, 2.75) is 38.4 Å². The lowest BCUT2D eigenvalue weighted by Crippen LogP contribution is -2.41. The van der Waals surface area contributed by atoms with Crippen molar-refractivity contribution in [2.75, 3.05) is 19.6 Å². The van der Waals surface area contributed by atoms with Gasteiger partial charge in [0.15, 0.2) is 0 Å². The Morgan fingerprint density at radius 1 is 1.26 bits per heavy atom. The van der Waals surface area contributed by atoms with Crippen molar-refractivity contribution in [3.63, 3.8) is 0 Å². The minimum absolute atomic E-state index is 0.158. The summed E-state index contributed by atoms with van der Waals surface area (Å²) in [6.07, 6.45) is -4.10. The first kappa shape index (κ1) is 19.4. The van der Waals surface area contributed by atoms with Crippen molar-refractivity contribution in [1.29, 1.82) is 0 Å². The molecule has 0 saturated carbocycles. The van der Waals surface area contributed by atoms with Crippen molar-refractivity contribution in [1.82, 2.24) is 20.4 Å². The fourth-order valence-electron chi connectivity index (χ4n) is 3.71. The number of hydrogen-bond acceptors (Lipinski definition) is 3. The normalized spacial score (nSPS) is 20.8. The molecule has 1 aromatic carbocycles. The van der Waals surface area contributed by atoms with Crippen LogP contribution in [-0.4, -0.2) is 52.9 Å². The largest absolute Gasteiger partial charge is 0.401 e. The highest BCUT2D eigenvalue weighted by atomic mass is 19.4. The van der Waals surface area contributed by atoms with Gasteiger partial charge in [-0.25, -0.2) is 0 Å². The number of alkyl halides is 3. The van der Waals surface area contributed by atoms with Crippen LogP contribution < -0.4 is 5.32 Å². The molecule has 146 valence electrons.